The van der Waals surface area contributed by atoms with Crippen LogP contribution in [0.5, 0.6) is 11.5 Å². The van der Waals surface area contributed by atoms with E-state index in [1.165, 1.54) is 11.1 Å². The second-order valence-electron chi connectivity index (χ2n) is 6.72. The summed E-state index contributed by atoms with van der Waals surface area (Å²) < 4.78 is 16.1. The molecule has 3 rings (SSSR count). The first kappa shape index (κ1) is 19.2. The Balaban J connectivity index is 1.68. The normalized spacial score (nSPS) is 13.6. The Morgan fingerprint density at radius 3 is 2.59 bits per heavy atom. The number of ether oxygens (including phenoxy) is 3. The molecule has 0 saturated carbocycles. The molecular formula is C22H25NO4. The minimum Gasteiger partial charge on any atom is -0.454 e. The van der Waals surface area contributed by atoms with Crippen LogP contribution in [0, 0.1) is 19.3 Å². The molecule has 1 aliphatic heterocycles. The van der Waals surface area contributed by atoms with Crippen LogP contribution in [0.25, 0.3) is 0 Å². The molecule has 5 heteroatoms. The molecule has 0 fully saturated rings. The van der Waals surface area contributed by atoms with Crippen LogP contribution in [0.15, 0.2) is 42.5 Å². The highest BCUT2D eigenvalue weighted by Gasteiger charge is 2.17. The Bertz CT molecular complexity index is 782. The zero-order chi connectivity index (χ0) is 19.1. The van der Waals surface area contributed by atoms with Crippen molar-refractivity contribution in [2.45, 2.75) is 26.1 Å². The Morgan fingerprint density at radius 2 is 1.81 bits per heavy atom. The molecule has 142 valence electrons. The summed E-state index contributed by atoms with van der Waals surface area (Å²) in [7, 11) is 0. The molecule has 1 heterocycles. The monoisotopic (exact) mass is 367 g/mol. The Morgan fingerprint density at radius 1 is 1.11 bits per heavy atom. The standard InChI is InChI=1S/C22H25NO4/c1-3-10-25-15-20(24)14-23(12-18-6-4-17(2)5-7-18)13-19-8-9-21-22(11-19)27-16-26-21/h1,4-9,11,20,24H,10,12-16H2,2H3/t20-/m1/s1. The van der Waals surface area contributed by atoms with Gasteiger partial charge in [-0.3, -0.25) is 4.90 Å². The summed E-state index contributed by atoms with van der Waals surface area (Å²) in [6.07, 6.45) is 4.57. The lowest BCUT2D eigenvalue weighted by Crippen LogP contribution is -2.34. The van der Waals surface area contributed by atoms with Gasteiger partial charge < -0.3 is 19.3 Å². The van der Waals surface area contributed by atoms with Gasteiger partial charge >= 0.3 is 0 Å². The maximum absolute atomic E-state index is 10.3. The molecule has 5 nitrogen and oxygen atoms in total. The first-order valence-electron chi connectivity index (χ1n) is 9.00. The molecule has 0 saturated heterocycles. The second-order valence-corrected chi connectivity index (χ2v) is 6.72. The van der Waals surface area contributed by atoms with Gasteiger partial charge in [0.15, 0.2) is 11.5 Å². The molecule has 27 heavy (non-hydrogen) atoms. The predicted octanol–water partition coefficient (Wildman–Crippen LogP) is 2.74. The van der Waals surface area contributed by atoms with E-state index in [9.17, 15) is 5.11 Å². The third-order valence-electron chi connectivity index (χ3n) is 4.33. The molecular weight excluding hydrogens is 342 g/mol. The Labute approximate surface area is 160 Å². The number of aryl methyl sites for hydroxylation is 1. The van der Waals surface area contributed by atoms with Crippen molar-refractivity contribution in [3.63, 3.8) is 0 Å². The van der Waals surface area contributed by atoms with Gasteiger partial charge in [0, 0.05) is 19.6 Å². The van der Waals surface area contributed by atoms with Gasteiger partial charge in [-0.15, -0.1) is 6.42 Å². The van der Waals surface area contributed by atoms with Crippen molar-refractivity contribution in [2.24, 2.45) is 0 Å². The number of nitrogens with zero attached hydrogens (tertiary/aromatic N) is 1. The Hall–Kier alpha value is -2.52. The van der Waals surface area contributed by atoms with Gasteiger partial charge in [0.05, 0.1) is 12.7 Å². The van der Waals surface area contributed by atoms with Crippen molar-refractivity contribution < 1.29 is 19.3 Å². The van der Waals surface area contributed by atoms with Crippen LogP contribution in [0.1, 0.15) is 16.7 Å². The topological polar surface area (TPSA) is 51.2 Å². The molecule has 0 radical (unpaired) electrons. The van der Waals surface area contributed by atoms with Crippen LogP contribution in [0.3, 0.4) is 0 Å². The van der Waals surface area contributed by atoms with Crippen molar-refractivity contribution in [1.29, 1.82) is 0 Å². The van der Waals surface area contributed by atoms with E-state index < -0.39 is 6.10 Å². The minimum atomic E-state index is -0.613. The van der Waals surface area contributed by atoms with Crippen molar-refractivity contribution in [1.82, 2.24) is 4.90 Å². The number of fused-ring (bicyclic) bond motifs is 1. The first-order chi connectivity index (χ1) is 13.1. The smallest absolute Gasteiger partial charge is 0.231 e. The zero-order valence-electron chi connectivity index (χ0n) is 15.6. The van der Waals surface area contributed by atoms with Crippen LogP contribution in [-0.4, -0.2) is 42.7 Å². The summed E-state index contributed by atoms with van der Waals surface area (Å²) in [6, 6.07) is 14.4. The molecule has 0 amide bonds. The highest BCUT2D eigenvalue weighted by Crippen LogP contribution is 2.32. The summed E-state index contributed by atoms with van der Waals surface area (Å²) in [4.78, 5) is 2.19. The van der Waals surface area contributed by atoms with E-state index in [0.717, 1.165) is 23.6 Å². The van der Waals surface area contributed by atoms with Gasteiger partial charge in [-0.1, -0.05) is 41.8 Å². The lowest BCUT2D eigenvalue weighted by Gasteiger charge is -2.25. The van der Waals surface area contributed by atoms with Crippen LogP contribution in [0.4, 0.5) is 0 Å². The average Bonchev–Trinajstić information content (AvgIpc) is 3.11. The number of hydrogen-bond acceptors (Lipinski definition) is 5. The number of hydrogen-bond donors (Lipinski definition) is 1. The largest absolute Gasteiger partial charge is 0.454 e. The number of rotatable bonds is 9. The van der Waals surface area contributed by atoms with Crippen LogP contribution < -0.4 is 9.47 Å². The number of aliphatic hydroxyl groups is 1. The van der Waals surface area contributed by atoms with Crippen LogP contribution in [0.2, 0.25) is 0 Å². The van der Waals surface area contributed by atoms with E-state index in [1.54, 1.807) is 0 Å². The summed E-state index contributed by atoms with van der Waals surface area (Å²) in [5.41, 5.74) is 3.52. The first-order valence-corrected chi connectivity index (χ1v) is 9.00. The van der Waals surface area contributed by atoms with Gasteiger partial charge in [-0.25, -0.2) is 0 Å². The van der Waals surface area contributed by atoms with E-state index >= 15 is 0 Å². The predicted molar refractivity (Wildman–Crippen MR) is 104 cm³/mol. The fourth-order valence-corrected chi connectivity index (χ4v) is 3.04. The van der Waals surface area contributed by atoms with E-state index in [1.807, 2.05) is 18.2 Å². The average molecular weight is 367 g/mol. The van der Waals surface area contributed by atoms with E-state index in [-0.39, 0.29) is 20.0 Å². The third kappa shape index (κ3) is 5.73. The SMILES string of the molecule is C#CCOC[C@H](O)CN(Cc1ccc(C)cc1)Cc1ccc2c(c1)OCO2. The van der Waals surface area contributed by atoms with Crippen LogP contribution in [-0.2, 0) is 17.8 Å². The van der Waals surface area contributed by atoms with Crippen molar-refractivity contribution >= 4 is 0 Å². The molecule has 0 unspecified atom stereocenters. The second kappa shape index (κ2) is 9.43. The lowest BCUT2D eigenvalue weighted by molar-refractivity contribution is 0.0243. The van der Waals surface area contributed by atoms with Gasteiger partial charge in [0.25, 0.3) is 0 Å². The fraction of sp³-hybridized carbons (Fsp3) is 0.364. The highest BCUT2D eigenvalue weighted by atomic mass is 16.7. The van der Waals surface area contributed by atoms with Gasteiger partial charge in [0.1, 0.15) is 6.61 Å². The highest BCUT2D eigenvalue weighted by molar-refractivity contribution is 5.44. The van der Waals surface area contributed by atoms with Gasteiger partial charge in [-0.05, 0) is 30.2 Å². The number of benzene rings is 2. The quantitative estimate of drug-likeness (QED) is 0.546. The molecule has 0 aliphatic carbocycles. The zero-order valence-corrected chi connectivity index (χ0v) is 15.6. The van der Waals surface area contributed by atoms with Crippen molar-refractivity contribution in [2.75, 3.05) is 26.6 Å². The third-order valence-corrected chi connectivity index (χ3v) is 4.33. The molecule has 0 aromatic heterocycles. The maximum Gasteiger partial charge on any atom is 0.231 e. The fourth-order valence-electron chi connectivity index (χ4n) is 3.04. The van der Waals surface area contributed by atoms with Crippen molar-refractivity contribution in [3.05, 3.63) is 59.2 Å². The van der Waals surface area contributed by atoms with E-state index in [0.29, 0.717) is 13.1 Å². The van der Waals surface area contributed by atoms with Crippen LogP contribution >= 0.6 is 0 Å². The molecule has 1 N–H and O–H groups in total. The summed E-state index contributed by atoms with van der Waals surface area (Å²) >= 11 is 0. The number of aliphatic hydroxyl groups excluding tert-OH is 1. The molecule has 1 aliphatic rings. The molecule has 2 aromatic rings. The summed E-state index contributed by atoms with van der Waals surface area (Å²) in [5, 5.41) is 10.3. The Kier molecular flexibility index (Phi) is 6.72. The van der Waals surface area contributed by atoms with Crippen molar-refractivity contribution in [3.8, 4) is 23.8 Å². The van der Waals surface area contributed by atoms with E-state index in [2.05, 4.69) is 42.0 Å². The number of terminal acetylenes is 1. The maximum atomic E-state index is 10.3. The molecule has 1 atom stereocenters. The molecule has 2 aromatic carbocycles. The summed E-state index contributed by atoms with van der Waals surface area (Å²) in [5.74, 6) is 3.95. The van der Waals surface area contributed by atoms with Gasteiger partial charge in [-0.2, -0.15) is 0 Å². The van der Waals surface area contributed by atoms with Gasteiger partial charge in [0.2, 0.25) is 6.79 Å². The van der Waals surface area contributed by atoms with E-state index in [4.69, 9.17) is 20.6 Å². The summed E-state index contributed by atoms with van der Waals surface area (Å²) in [6.45, 7) is 4.63. The molecule has 0 bridgehead atoms. The lowest BCUT2D eigenvalue weighted by atomic mass is 10.1. The minimum absolute atomic E-state index is 0.206. The molecule has 0 spiro atoms.